The van der Waals surface area contributed by atoms with Gasteiger partial charge in [-0.2, -0.15) is 0 Å². The Balaban J connectivity index is 1.47. The maximum atomic E-state index is 13.0. The Morgan fingerprint density at radius 2 is 1.87 bits per heavy atom. The molecule has 2 aromatic carbocycles. The first-order valence-electron chi connectivity index (χ1n) is 6.95. The van der Waals surface area contributed by atoms with Crippen molar-refractivity contribution in [3.8, 4) is 17.2 Å². The molecule has 0 unspecified atom stereocenters. The molecular formula is C16H11F2NO4. The summed E-state index contributed by atoms with van der Waals surface area (Å²) < 4.78 is 40.2. The molecule has 0 saturated carbocycles. The van der Waals surface area contributed by atoms with E-state index < -0.39 is 12.4 Å². The van der Waals surface area contributed by atoms with Gasteiger partial charge in [0.05, 0.1) is 0 Å². The van der Waals surface area contributed by atoms with Crippen molar-refractivity contribution in [1.82, 2.24) is 0 Å². The maximum absolute atomic E-state index is 13.0. The molecule has 1 amide bonds. The molecule has 4 rings (SSSR count). The number of carbonyl (C=O) groups is 1. The lowest BCUT2D eigenvalue weighted by Gasteiger charge is -2.11. The Bertz CT molecular complexity index is 768. The summed E-state index contributed by atoms with van der Waals surface area (Å²) in [7, 11) is 0. The van der Waals surface area contributed by atoms with E-state index in [-0.39, 0.29) is 17.4 Å². The summed E-state index contributed by atoms with van der Waals surface area (Å²) in [6, 6.07) is 11.5. The molecule has 0 fully saturated rings. The van der Waals surface area contributed by atoms with E-state index in [9.17, 15) is 13.6 Å². The number of hydrogen-bond donors (Lipinski definition) is 1. The first-order chi connectivity index (χ1) is 11.0. The maximum Gasteiger partial charge on any atom is 0.586 e. The number of rotatable bonds is 2. The van der Waals surface area contributed by atoms with Gasteiger partial charge in [-0.3, -0.25) is 4.79 Å². The van der Waals surface area contributed by atoms with Gasteiger partial charge >= 0.3 is 6.29 Å². The number of benzene rings is 2. The Labute approximate surface area is 129 Å². The predicted octanol–water partition coefficient (Wildman–Crippen LogP) is 2.95. The molecule has 2 aliphatic rings. The summed E-state index contributed by atoms with van der Waals surface area (Å²) in [5, 5.41) is 2.63. The second-order valence-corrected chi connectivity index (χ2v) is 5.24. The molecule has 0 bridgehead atoms. The van der Waals surface area contributed by atoms with E-state index in [4.69, 9.17) is 4.74 Å². The monoisotopic (exact) mass is 319 g/mol. The van der Waals surface area contributed by atoms with Crippen molar-refractivity contribution >= 4 is 11.6 Å². The molecule has 1 atom stereocenters. The van der Waals surface area contributed by atoms with E-state index >= 15 is 0 Å². The van der Waals surface area contributed by atoms with Crippen LogP contribution in [0.25, 0.3) is 0 Å². The molecular weight excluding hydrogens is 308 g/mol. The number of carbonyl (C=O) groups excluding carboxylic acids is 1. The minimum absolute atomic E-state index is 0.0717. The number of alkyl halides is 2. The fourth-order valence-electron chi connectivity index (χ4n) is 2.58. The van der Waals surface area contributed by atoms with Gasteiger partial charge in [-0.25, -0.2) is 0 Å². The van der Waals surface area contributed by atoms with E-state index in [1.54, 1.807) is 6.07 Å². The fraction of sp³-hybridized carbons (Fsp3) is 0.188. The lowest BCUT2D eigenvalue weighted by Crippen LogP contribution is -2.31. The van der Waals surface area contributed by atoms with Crippen LogP contribution in [-0.4, -0.2) is 18.3 Å². The van der Waals surface area contributed by atoms with Crippen molar-refractivity contribution in [2.24, 2.45) is 0 Å². The molecule has 0 spiro atoms. The summed E-state index contributed by atoms with van der Waals surface area (Å²) in [6.45, 7) is 0. The summed E-state index contributed by atoms with van der Waals surface area (Å²) in [4.78, 5) is 12.3. The quantitative estimate of drug-likeness (QED) is 0.924. The van der Waals surface area contributed by atoms with E-state index in [0.717, 1.165) is 5.56 Å². The molecule has 2 aromatic rings. The number of hydrogen-bond acceptors (Lipinski definition) is 4. The van der Waals surface area contributed by atoms with Crippen LogP contribution in [0, 0.1) is 0 Å². The van der Waals surface area contributed by atoms with Gasteiger partial charge in [0.25, 0.3) is 5.91 Å². The van der Waals surface area contributed by atoms with Crippen molar-refractivity contribution < 1.29 is 27.8 Å². The van der Waals surface area contributed by atoms with Gasteiger partial charge < -0.3 is 19.5 Å². The zero-order valence-electron chi connectivity index (χ0n) is 11.7. The lowest BCUT2D eigenvalue weighted by atomic mass is 10.1. The lowest BCUT2D eigenvalue weighted by molar-refractivity contribution is -0.286. The van der Waals surface area contributed by atoms with Crippen molar-refractivity contribution in [2.45, 2.75) is 18.8 Å². The summed E-state index contributed by atoms with van der Waals surface area (Å²) in [5.74, 6) is 0.130. The molecule has 0 radical (unpaired) electrons. The van der Waals surface area contributed by atoms with Gasteiger partial charge in [-0.05, 0) is 23.8 Å². The normalized spacial score (nSPS) is 19.8. The van der Waals surface area contributed by atoms with Gasteiger partial charge in [-0.1, -0.05) is 18.2 Å². The number of halogens is 2. The molecule has 23 heavy (non-hydrogen) atoms. The summed E-state index contributed by atoms with van der Waals surface area (Å²) >= 11 is 0. The number of anilines is 1. The minimum Gasteiger partial charge on any atom is -0.480 e. The van der Waals surface area contributed by atoms with E-state index in [2.05, 4.69) is 14.8 Å². The molecule has 2 aliphatic heterocycles. The summed E-state index contributed by atoms with van der Waals surface area (Å²) in [5.41, 5.74) is 1.28. The summed E-state index contributed by atoms with van der Waals surface area (Å²) in [6.07, 6.45) is -3.87. The highest BCUT2D eigenvalue weighted by Crippen LogP contribution is 2.42. The van der Waals surface area contributed by atoms with Gasteiger partial charge in [0.1, 0.15) is 5.75 Å². The Kier molecular flexibility index (Phi) is 2.90. The van der Waals surface area contributed by atoms with Gasteiger partial charge in [0.15, 0.2) is 17.6 Å². The molecule has 0 saturated heterocycles. The zero-order chi connectivity index (χ0) is 16.0. The number of fused-ring (bicyclic) bond motifs is 2. The van der Waals surface area contributed by atoms with Gasteiger partial charge in [-0.15, -0.1) is 8.78 Å². The van der Waals surface area contributed by atoms with Crippen LogP contribution in [0.2, 0.25) is 0 Å². The molecule has 1 N–H and O–H groups in total. The van der Waals surface area contributed by atoms with Crippen LogP contribution in [0.3, 0.4) is 0 Å². The number of nitrogens with one attached hydrogen (secondary N) is 1. The Morgan fingerprint density at radius 1 is 1.09 bits per heavy atom. The molecule has 2 heterocycles. The van der Waals surface area contributed by atoms with Crippen LogP contribution in [-0.2, 0) is 11.2 Å². The Hall–Kier alpha value is -2.83. The number of para-hydroxylation sites is 1. The average molecular weight is 319 g/mol. The van der Waals surface area contributed by atoms with Crippen molar-refractivity contribution in [2.75, 3.05) is 5.32 Å². The third kappa shape index (κ3) is 2.54. The van der Waals surface area contributed by atoms with Crippen LogP contribution in [0.15, 0.2) is 42.5 Å². The van der Waals surface area contributed by atoms with Crippen molar-refractivity contribution in [1.29, 1.82) is 0 Å². The SMILES string of the molecule is O=C(Nc1ccc2c(c1)OC(F)(F)O2)[C@@H]1Cc2ccccc2O1. The van der Waals surface area contributed by atoms with Crippen molar-refractivity contribution in [3.63, 3.8) is 0 Å². The third-order valence-electron chi connectivity index (χ3n) is 3.61. The predicted molar refractivity (Wildman–Crippen MR) is 75.8 cm³/mol. The second-order valence-electron chi connectivity index (χ2n) is 5.24. The second kappa shape index (κ2) is 4.84. The minimum atomic E-state index is -3.68. The first-order valence-corrected chi connectivity index (χ1v) is 6.95. The molecule has 5 nitrogen and oxygen atoms in total. The zero-order valence-corrected chi connectivity index (χ0v) is 11.7. The van der Waals surface area contributed by atoms with Crippen LogP contribution in [0.4, 0.5) is 14.5 Å². The van der Waals surface area contributed by atoms with Gasteiger partial charge in [0, 0.05) is 18.2 Å². The molecule has 118 valence electrons. The number of amides is 1. The number of ether oxygens (including phenoxy) is 3. The highest BCUT2D eigenvalue weighted by Gasteiger charge is 2.43. The highest BCUT2D eigenvalue weighted by molar-refractivity contribution is 5.95. The van der Waals surface area contributed by atoms with Crippen LogP contribution < -0.4 is 19.5 Å². The highest BCUT2D eigenvalue weighted by atomic mass is 19.3. The molecule has 0 aliphatic carbocycles. The molecule has 0 aromatic heterocycles. The van der Waals surface area contributed by atoms with E-state index in [0.29, 0.717) is 17.9 Å². The van der Waals surface area contributed by atoms with Crippen LogP contribution >= 0.6 is 0 Å². The van der Waals surface area contributed by atoms with Gasteiger partial charge in [0.2, 0.25) is 0 Å². The van der Waals surface area contributed by atoms with E-state index in [1.165, 1.54) is 18.2 Å². The van der Waals surface area contributed by atoms with Crippen molar-refractivity contribution in [3.05, 3.63) is 48.0 Å². The topological polar surface area (TPSA) is 56.8 Å². The first kappa shape index (κ1) is 13.8. The molecule has 7 heteroatoms. The average Bonchev–Trinajstić information content (AvgIpc) is 3.05. The largest absolute Gasteiger partial charge is 0.586 e. The van der Waals surface area contributed by atoms with Crippen LogP contribution in [0.5, 0.6) is 17.2 Å². The third-order valence-corrected chi connectivity index (χ3v) is 3.61. The standard InChI is InChI=1S/C16H11F2NO4/c17-16(18)22-12-6-5-10(8-13(12)23-16)19-15(20)14-7-9-3-1-2-4-11(9)21-14/h1-6,8,14H,7H2,(H,19,20)/t14-/m0/s1. The van der Waals surface area contributed by atoms with E-state index in [1.807, 2.05) is 18.2 Å². The smallest absolute Gasteiger partial charge is 0.480 e. The Morgan fingerprint density at radius 3 is 2.70 bits per heavy atom. The fourth-order valence-corrected chi connectivity index (χ4v) is 2.58. The van der Waals surface area contributed by atoms with Crippen LogP contribution in [0.1, 0.15) is 5.56 Å².